The van der Waals surface area contributed by atoms with E-state index in [2.05, 4.69) is 0 Å². The molecule has 0 unspecified atom stereocenters. The molecule has 2 aliphatic carbocycles. The zero-order valence-corrected chi connectivity index (χ0v) is 9.88. The molecular formula is C12H18O4. The standard InChI is InChI=1S/C12H18O4/c1-15-9(13)11-4-3-5-12(8-11,7-6-11)10(14)16-2/h3-8H2,1-2H3/t11-,12+. The lowest BCUT2D eigenvalue weighted by molar-refractivity contribution is -0.160. The largest absolute Gasteiger partial charge is 0.469 e. The molecule has 4 heteroatoms. The van der Waals surface area contributed by atoms with Crippen molar-refractivity contribution in [3.8, 4) is 0 Å². The number of fused-ring (bicyclic) bond motifs is 2. The highest BCUT2D eigenvalue weighted by Gasteiger charge is 2.59. The van der Waals surface area contributed by atoms with Crippen LogP contribution in [0.2, 0.25) is 0 Å². The lowest BCUT2D eigenvalue weighted by Gasteiger charge is -2.35. The Kier molecular flexibility index (Phi) is 2.68. The first-order valence-corrected chi connectivity index (χ1v) is 5.75. The van der Waals surface area contributed by atoms with Crippen LogP contribution < -0.4 is 0 Å². The quantitative estimate of drug-likeness (QED) is 0.672. The molecule has 0 aromatic carbocycles. The highest BCUT2D eigenvalue weighted by molar-refractivity contribution is 5.83. The van der Waals surface area contributed by atoms with Crippen molar-refractivity contribution in [2.24, 2.45) is 10.8 Å². The van der Waals surface area contributed by atoms with Crippen LogP contribution in [0.15, 0.2) is 0 Å². The summed E-state index contributed by atoms with van der Waals surface area (Å²) in [7, 11) is 2.84. The molecular weight excluding hydrogens is 208 g/mol. The Morgan fingerprint density at radius 2 is 1.31 bits per heavy atom. The van der Waals surface area contributed by atoms with E-state index in [1.54, 1.807) is 0 Å². The third-order valence-electron chi connectivity index (χ3n) is 4.31. The molecule has 2 fully saturated rings. The summed E-state index contributed by atoms with van der Waals surface area (Å²) in [5.41, 5.74) is -0.831. The van der Waals surface area contributed by atoms with E-state index in [1.807, 2.05) is 0 Å². The van der Waals surface area contributed by atoms with Gasteiger partial charge >= 0.3 is 11.9 Å². The van der Waals surface area contributed by atoms with Crippen LogP contribution in [0.25, 0.3) is 0 Å². The van der Waals surface area contributed by atoms with Gasteiger partial charge < -0.3 is 9.47 Å². The second-order valence-electron chi connectivity index (χ2n) is 5.07. The van der Waals surface area contributed by atoms with Gasteiger partial charge in [0, 0.05) is 0 Å². The number of ether oxygens (including phenoxy) is 2. The Hall–Kier alpha value is -1.06. The first-order valence-electron chi connectivity index (χ1n) is 5.75. The highest BCUT2D eigenvalue weighted by atomic mass is 16.5. The Balaban J connectivity index is 2.24. The van der Waals surface area contributed by atoms with E-state index in [0.29, 0.717) is 6.42 Å². The number of carbonyl (C=O) groups is 2. The van der Waals surface area contributed by atoms with Crippen molar-refractivity contribution in [1.82, 2.24) is 0 Å². The van der Waals surface area contributed by atoms with E-state index in [-0.39, 0.29) is 11.9 Å². The van der Waals surface area contributed by atoms with E-state index >= 15 is 0 Å². The molecule has 0 aromatic rings. The second-order valence-corrected chi connectivity index (χ2v) is 5.07. The van der Waals surface area contributed by atoms with Gasteiger partial charge in [0.05, 0.1) is 25.0 Å². The van der Waals surface area contributed by atoms with Crippen molar-refractivity contribution in [2.45, 2.75) is 38.5 Å². The van der Waals surface area contributed by atoms with Crippen molar-refractivity contribution < 1.29 is 19.1 Å². The highest BCUT2D eigenvalue weighted by Crippen LogP contribution is 2.59. The molecule has 0 radical (unpaired) electrons. The number of methoxy groups -OCH3 is 2. The van der Waals surface area contributed by atoms with Gasteiger partial charge in [-0.1, -0.05) is 6.42 Å². The minimum absolute atomic E-state index is 0.155. The van der Waals surface area contributed by atoms with Crippen LogP contribution in [0.5, 0.6) is 0 Å². The lowest BCUT2D eigenvalue weighted by atomic mass is 9.69. The van der Waals surface area contributed by atoms with Gasteiger partial charge in [-0.2, -0.15) is 0 Å². The van der Waals surface area contributed by atoms with Crippen molar-refractivity contribution in [3.63, 3.8) is 0 Å². The molecule has 2 bridgehead atoms. The second kappa shape index (κ2) is 3.75. The van der Waals surface area contributed by atoms with E-state index in [9.17, 15) is 9.59 Å². The fraction of sp³-hybridized carbons (Fsp3) is 0.833. The van der Waals surface area contributed by atoms with Gasteiger partial charge in [0.1, 0.15) is 0 Å². The summed E-state index contributed by atoms with van der Waals surface area (Å²) >= 11 is 0. The summed E-state index contributed by atoms with van der Waals surface area (Å²) in [6.07, 6.45) is 4.73. The third-order valence-corrected chi connectivity index (χ3v) is 4.31. The van der Waals surface area contributed by atoms with Crippen LogP contribution >= 0.6 is 0 Å². The summed E-state index contributed by atoms with van der Waals surface area (Å²) in [5, 5.41) is 0. The zero-order valence-electron chi connectivity index (χ0n) is 9.88. The van der Waals surface area contributed by atoms with Crippen molar-refractivity contribution >= 4 is 11.9 Å². The van der Waals surface area contributed by atoms with E-state index in [4.69, 9.17) is 9.47 Å². The molecule has 2 atom stereocenters. The van der Waals surface area contributed by atoms with Crippen LogP contribution in [0.3, 0.4) is 0 Å². The summed E-state index contributed by atoms with van der Waals surface area (Å²) in [5.74, 6) is -0.309. The first-order chi connectivity index (χ1) is 7.58. The zero-order chi connectivity index (χ0) is 11.8. The first kappa shape index (κ1) is 11.4. The molecule has 0 aliphatic heterocycles. The number of hydrogen-bond donors (Lipinski definition) is 0. The van der Waals surface area contributed by atoms with Crippen molar-refractivity contribution in [2.75, 3.05) is 14.2 Å². The Morgan fingerprint density at radius 1 is 0.875 bits per heavy atom. The molecule has 90 valence electrons. The summed E-state index contributed by atoms with van der Waals surface area (Å²) in [6.45, 7) is 0. The van der Waals surface area contributed by atoms with Gasteiger partial charge in [0.2, 0.25) is 0 Å². The van der Waals surface area contributed by atoms with Gasteiger partial charge in [0.15, 0.2) is 0 Å². The van der Waals surface area contributed by atoms with Crippen molar-refractivity contribution in [1.29, 1.82) is 0 Å². The monoisotopic (exact) mass is 226 g/mol. The molecule has 0 N–H and O–H groups in total. The average molecular weight is 226 g/mol. The molecule has 2 aliphatic rings. The molecule has 16 heavy (non-hydrogen) atoms. The number of rotatable bonds is 2. The maximum absolute atomic E-state index is 11.8. The molecule has 2 rings (SSSR count). The fourth-order valence-corrected chi connectivity index (χ4v) is 3.48. The Labute approximate surface area is 95.3 Å². The van der Waals surface area contributed by atoms with Crippen molar-refractivity contribution in [3.05, 3.63) is 0 Å². The van der Waals surface area contributed by atoms with Gasteiger partial charge in [0.25, 0.3) is 0 Å². The predicted molar refractivity (Wildman–Crippen MR) is 56.6 cm³/mol. The molecule has 2 saturated carbocycles. The summed E-state index contributed by atoms with van der Waals surface area (Å²) < 4.78 is 9.76. The number of carbonyl (C=O) groups excluding carboxylic acids is 2. The van der Waals surface area contributed by atoms with Crippen LogP contribution in [0, 0.1) is 10.8 Å². The third kappa shape index (κ3) is 1.43. The minimum Gasteiger partial charge on any atom is -0.469 e. The van der Waals surface area contributed by atoms with Gasteiger partial charge in [-0.05, 0) is 32.1 Å². The molecule has 0 spiro atoms. The van der Waals surface area contributed by atoms with E-state index < -0.39 is 10.8 Å². The van der Waals surface area contributed by atoms with E-state index in [0.717, 1.165) is 32.1 Å². The Bertz CT molecular complexity index is 295. The lowest BCUT2D eigenvalue weighted by Crippen LogP contribution is -2.39. The fourth-order valence-electron chi connectivity index (χ4n) is 3.48. The van der Waals surface area contributed by atoms with Gasteiger partial charge in [-0.15, -0.1) is 0 Å². The van der Waals surface area contributed by atoms with Crippen LogP contribution in [0.4, 0.5) is 0 Å². The average Bonchev–Trinajstić information content (AvgIpc) is 2.61. The normalized spacial score (nSPS) is 36.9. The SMILES string of the molecule is COC(=O)[C@@]12CCC[C@@](C(=O)OC)(CC1)C2. The molecule has 0 aromatic heterocycles. The summed E-state index contributed by atoms with van der Waals surface area (Å²) in [4.78, 5) is 23.7. The minimum atomic E-state index is -0.415. The Morgan fingerprint density at radius 3 is 1.69 bits per heavy atom. The molecule has 0 heterocycles. The number of esters is 2. The number of hydrogen-bond acceptors (Lipinski definition) is 4. The maximum atomic E-state index is 11.8. The topological polar surface area (TPSA) is 52.6 Å². The summed E-state index contributed by atoms with van der Waals surface area (Å²) in [6, 6.07) is 0. The van der Waals surface area contributed by atoms with Crippen LogP contribution in [-0.2, 0) is 19.1 Å². The molecule has 0 saturated heterocycles. The van der Waals surface area contributed by atoms with E-state index in [1.165, 1.54) is 14.2 Å². The smallest absolute Gasteiger partial charge is 0.311 e. The van der Waals surface area contributed by atoms with Gasteiger partial charge in [-0.25, -0.2) is 0 Å². The molecule has 4 nitrogen and oxygen atoms in total. The maximum Gasteiger partial charge on any atom is 0.311 e. The molecule has 0 amide bonds. The van der Waals surface area contributed by atoms with Crippen LogP contribution in [-0.4, -0.2) is 26.2 Å². The van der Waals surface area contributed by atoms with Crippen LogP contribution in [0.1, 0.15) is 38.5 Å². The predicted octanol–water partition coefficient (Wildman–Crippen LogP) is 1.67. The van der Waals surface area contributed by atoms with Gasteiger partial charge in [-0.3, -0.25) is 9.59 Å².